The average Bonchev–Trinajstić information content (AvgIpc) is 3.24. The maximum atomic E-state index is 12.7. The Kier molecular flexibility index (Phi) is 5.66. The number of carbonyl (C=O) groups is 1. The molecule has 10 heteroatoms. The third kappa shape index (κ3) is 4.71. The van der Waals surface area contributed by atoms with Gasteiger partial charge in [-0.25, -0.2) is 9.97 Å². The molecule has 2 aliphatic rings. The number of rotatable bonds is 7. The molecule has 0 saturated heterocycles. The highest BCUT2D eigenvalue weighted by Gasteiger charge is 2.27. The number of nitrogens with one attached hydrogen (secondary N) is 3. The zero-order valence-electron chi connectivity index (χ0n) is 18.6. The predicted molar refractivity (Wildman–Crippen MR) is 122 cm³/mol. The van der Waals surface area contributed by atoms with Crippen LogP contribution in [0.4, 0.5) is 19.0 Å². The smallest absolute Gasteiger partial charge is 0.382 e. The van der Waals surface area contributed by atoms with E-state index in [1.807, 2.05) is 41.9 Å². The molecule has 178 valence electrons. The van der Waals surface area contributed by atoms with Crippen LogP contribution in [0.2, 0.25) is 0 Å². The van der Waals surface area contributed by atoms with Crippen molar-refractivity contribution < 1.29 is 18.0 Å². The number of amides is 1. The van der Waals surface area contributed by atoms with Crippen LogP contribution in [0, 0.1) is 6.92 Å². The van der Waals surface area contributed by atoms with Gasteiger partial charge in [0.1, 0.15) is 0 Å². The summed E-state index contributed by atoms with van der Waals surface area (Å²) in [4.78, 5) is 21.5. The van der Waals surface area contributed by atoms with Gasteiger partial charge in [0.2, 0.25) is 0 Å². The summed E-state index contributed by atoms with van der Waals surface area (Å²) >= 11 is 0. The van der Waals surface area contributed by atoms with Crippen molar-refractivity contribution in [2.24, 2.45) is 0 Å². The highest BCUT2D eigenvalue weighted by Crippen LogP contribution is 2.30. The zero-order chi connectivity index (χ0) is 23.9. The second-order valence-electron chi connectivity index (χ2n) is 8.78. The number of hydrogen-bond donors (Lipinski definition) is 3. The number of alkyl halides is 3. The first kappa shape index (κ1) is 22.2. The first-order chi connectivity index (χ1) is 16.3. The van der Waals surface area contributed by atoms with Crippen molar-refractivity contribution in [2.75, 3.05) is 11.9 Å². The lowest BCUT2D eigenvalue weighted by Crippen LogP contribution is -2.26. The van der Waals surface area contributed by atoms with Gasteiger partial charge in [-0.05, 0) is 50.1 Å². The van der Waals surface area contributed by atoms with E-state index in [0.717, 1.165) is 36.1 Å². The van der Waals surface area contributed by atoms with Crippen LogP contribution in [-0.2, 0) is 0 Å². The second-order valence-corrected chi connectivity index (χ2v) is 8.78. The van der Waals surface area contributed by atoms with Gasteiger partial charge in [0.15, 0.2) is 11.5 Å². The van der Waals surface area contributed by atoms with Crippen LogP contribution in [0.3, 0.4) is 0 Å². The molecular formula is C24H25F3N6O. The van der Waals surface area contributed by atoms with Crippen molar-refractivity contribution >= 4 is 17.4 Å². The molecule has 1 unspecified atom stereocenters. The fourth-order valence-electron chi connectivity index (χ4n) is 4.06. The largest absolute Gasteiger partial charge is 0.390 e. The van der Waals surface area contributed by atoms with Crippen LogP contribution >= 0.6 is 0 Å². The predicted octanol–water partition coefficient (Wildman–Crippen LogP) is 4.51. The Morgan fingerprint density at radius 3 is 2.79 bits per heavy atom. The Bertz CT molecular complexity index is 1250. The standard InChI is InChI=1S/C24H25F3N6O/c1-14-11-15(4-7-17(14)23(34)31-16-5-6-16)20-12-30-22-21(29-10-8-24(25,26)27)32-19(13-33(20)22)18-3-2-9-28-18/h2,4,7,9,11-13,16,18,28H,3,5-6,8,10H2,1H3,(H,29,32)(H,31,34). The van der Waals surface area contributed by atoms with E-state index in [1.165, 1.54) is 0 Å². The minimum Gasteiger partial charge on any atom is -0.382 e. The molecule has 1 aliphatic heterocycles. The van der Waals surface area contributed by atoms with E-state index < -0.39 is 12.6 Å². The van der Waals surface area contributed by atoms with Gasteiger partial charge >= 0.3 is 6.18 Å². The lowest BCUT2D eigenvalue weighted by atomic mass is 10.0. The fourth-order valence-corrected chi connectivity index (χ4v) is 4.06. The molecule has 2 aromatic heterocycles. The maximum absolute atomic E-state index is 12.7. The summed E-state index contributed by atoms with van der Waals surface area (Å²) < 4.78 is 39.9. The zero-order valence-corrected chi connectivity index (χ0v) is 18.6. The van der Waals surface area contributed by atoms with Crippen molar-refractivity contribution in [1.29, 1.82) is 0 Å². The van der Waals surface area contributed by atoms with Gasteiger partial charge in [0.05, 0.1) is 30.0 Å². The third-order valence-electron chi connectivity index (χ3n) is 6.04. The summed E-state index contributed by atoms with van der Waals surface area (Å²) in [6.45, 7) is 1.60. The summed E-state index contributed by atoms with van der Waals surface area (Å²) in [6.07, 6.45) is 4.91. The van der Waals surface area contributed by atoms with Crippen LogP contribution < -0.4 is 16.0 Å². The Labute approximate surface area is 194 Å². The number of halogens is 3. The number of anilines is 1. The molecule has 1 aromatic carbocycles. The number of carbonyl (C=O) groups excluding carboxylic acids is 1. The quantitative estimate of drug-likeness (QED) is 0.473. The van der Waals surface area contributed by atoms with Crippen LogP contribution in [0.5, 0.6) is 0 Å². The number of fused-ring (bicyclic) bond motifs is 1. The summed E-state index contributed by atoms with van der Waals surface area (Å²) in [5, 5.41) is 9.04. The Morgan fingerprint density at radius 1 is 1.29 bits per heavy atom. The SMILES string of the molecule is Cc1cc(-c2cnc3c(NCCC(F)(F)F)nc(C4CC=CN4)cn23)ccc1C(=O)NC1CC1. The molecule has 34 heavy (non-hydrogen) atoms. The molecule has 0 radical (unpaired) electrons. The molecule has 5 rings (SSSR count). The fraction of sp³-hybridized carbons (Fsp3) is 0.375. The van der Waals surface area contributed by atoms with E-state index in [1.54, 1.807) is 12.3 Å². The topological polar surface area (TPSA) is 83.3 Å². The van der Waals surface area contributed by atoms with Gasteiger partial charge in [-0.1, -0.05) is 12.1 Å². The molecule has 1 fully saturated rings. The number of hydrogen-bond acceptors (Lipinski definition) is 5. The van der Waals surface area contributed by atoms with Gasteiger partial charge in [-0.15, -0.1) is 0 Å². The average molecular weight is 470 g/mol. The molecule has 3 N–H and O–H groups in total. The third-order valence-corrected chi connectivity index (χ3v) is 6.04. The normalized spacial score (nSPS) is 17.7. The molecule has 1 saturated carbocycles. The van der Waals surface area contributed by atoms with E-state index >= 15 is 0 Å². The van der Waals surface area contributed by atoms with Crippen molar-refractivity contribution in [3.05, 3.63) is 59.7 Å². The van der Waals surface area contributed by atoms with Gasteiger partial charge < -0.3 is 16.0 Å². The molecule has 1 amide bonds. The van der Waals surface area contributed by atoms with Gasteiger partial charge in [0.25, 0.3) is 5.91 Å². The van der Waals surface area contributed by atoms with E-state index in [-0.39, 0.29) is 24.5 Å². The minimum absolute atomic E-state index is 0.0713. The second kappa shape index (κ2) is 8.66. The summed E-state index contributed by atoms with van der Waals surface area (Å²) in [5.74, 6) is 0.228. The molecule has 1 atom stereocenters. The van der Waals surface area contributed by atoms with Crippen molar-refractivity contribution in [3.8, 4) is 11.3 Å². The lowest BCUT2D eigenvalue weighted by Gasteiger charge is -2.16. The number of aromatic nitrogens is 3. The van der Waals surface area contributed by atoms with E-state index in [4.69, 9.17) is 0 Å². The summed E-state index contributed by atoms with van der Waals surface area (Å²) in [5.41, 5.74) is 4.22. The molecular weight excluding hydrogens is 445 g/mol. The van der Waals surface area contributed by atoms with E-state index in [2.05, 4.69) is 25.9 Å². The molecule has 1 aliphatic carbocycles. The highest BCUT2D eigenvalue weighted by molar-refractivity contribution is 5.96. The Morgan fingerprint density at radius 2 is 2.12 bits per heavy atom. The van der Waals surface area contributed by atoms with Crippen molar-refractivity contribution in [3.63, 3.8) is 0 Å². The van der Waals surface area contributed by atoms with Crippen molar-refractivity contribution in [2.45, 2.75) is 50.9 Å². The van der Waals surface area contributed by atoms with Crippen LogP contribution in [0.15, 0.2) is 42.9 Å². The monoisotopic (exact) mass is 470 g/mol. The van der Waals surface area contributed by atoms with Crippen LogP contribution in [-0.4, -0.2) is 39.0 Å². The van der Waals surface area contributed by atoms with E-state index in [9.17, 15) is 18.0 Å². The minimum atomic E-state index is -4.26. The van der Waals surface area contributed by atoms with Gasteiger partial charge in [-0.2, -0.15) is 13.2 Å². The first-order valence-electron chi connectivity index (χ1n) is 11.3. The van der Waals surface area contributed by atoms with Gasteiger partial charge in [-0.3, -0.25) is 9.20 Å². The molecule has 3 aromatic rings. The van der Waals surface area contributed by atoms with E-state index in [0.29, 0.717) is 22.7 Å². The Hall–Kier alpha value is -3.56. The van der Waals surface area contributed by atoms with Crippen LogP contribution in [0.25, 0.3) is 16.9 Å². The van der Waals surface area contributed by atoms with Crippen LogP contribution in [0.1, 0.15) is 53.3 Å². The first-order valence-corrected chi connectivity index (χ1v) is 11.3. The number of imidazole rings is 1. The van der Waals surface area contributed by atoms with Gasteiger partial charge in [0, 0.05) is 29.9 Å². The molecule has 3 heterocycles. The molecule has 0 spiro atoms. The summed E-state index contributed by atoms with van der Waals surface area (Å²) in [6, 6.07) is 5.80. The number of benzene rings is 1. The Balaban J connectivity index is 1.50. The number of aryl methyl sites for hydroxylation is 1. The number of nitrogens with zero attached hydrogens (tertiary/aromatic N) is 3. The summed E-state index contributed by atoms with van der Waals surface area (Å²) in [7, 11) is 0. The highest BCUT2D eigenvalue weighted by atomic mass is 19.4. The molecule has 0 bridgehead atoms. The van der Waals surface area contributed by atoms with Crippen molar-refractivity contribution in [1.82, 2.24) is 25.0 Å². The lowest BCUT2D eigenvalue weighted by molar-refractivity contribution is -0.131. The maximum Gasteiger partial charge on any atom is 0.390 e. The molecule has 7 nitrogen and oxygen atoms in total.